The summed E-state index contributed by atoms with van der Waals surface area (Å²) in [6.07, 6.45) is 16.0. The maximum absolute atomic E-state index is 6.43. The summed E-state index contributed by atoms with van der Waals surface area (Å²) in [6, 6.07) is 26.2. The molecule has 1 fully saturated rings. The molecule has 0 unspecified atom stereocenters. The number of rotatable bonds is 7. The Bertz CT molecular complexity index is 1770. The normalized spacial score (nSPS) is 19.8. The van der Waals surface area contributed by atoms with Crippen molar-refractivity contribution in [2.45, 2.75) is 71.5 Å². The fourth-order valence-electron chi connectivity index (χ4n) is 6.65. The molecule has 2 aliphatic carbocycles. The molecule has 45 heavy (non-hydrogen) atoms. The molecule has 4 heteroatoms. The van der Waals surface area contributed by atoms with E-state index >= 15 is 0 Å². The van der Waals surface area contributed by atoms with Crippen LogP contribution in [0.25, 0.3) is 16.7 Å². The first-order valence-corrected chi connectivity index (χ1v) is 16.0. The molecule has 0 saturated carbocycles. The predicted octanol–water partition coefficient (Wildman–Crippen LogP) is 10.7. The van der Waals surface area contributed by atoms with Crippen molar-refractivity contribution in [2.24, 2.45) is 0 Å². The van der Waals surface area contributed by atoms with E-state index in [0.717, 1.165) is 29.0 Å². The molecule has 1 saturated heterocycles. The summed E-state index contributed by atoms with van der Waals surface area (Å²) >= 11 is 0. The molecule has 3 aliphatic rings. The van der Waals surface area contributed by atoms with E-state index in [9.17, 15) is 0 Å². The lowest BCUT2D eigenvalue weighted by Gasteiger charge is -2.32. The minimum Gasteiger partial charge on any atom is -0.399 e. The summed E-state index contributed by atoms with van der Waals surface area (Å²) in [5.74, 6) is 0. The van der Waals surface area contributed by atoms with E-state index in [4.69, 9.17) is 9.31 Å². The van der Waals surface area contributed by atoms with Gasteiger partial charge in [-0.1, -0.05) is 111 Å². The Morgan fingerprint density at radius 2 is 1.49 bits per heavy atom. The number of para-hydroxylation sites is 1. The standard InChI is InChI=1S/C41H44BNO2/c1-9-17-36-33(10-2)35-27-26-32(28-37(35)39(36,3)4)43(38-23-15-14-22-34(38)29-18-12-11-13-19-29)31-21-16-20-30(24-25-31)42-44-40(5,6)41(7,8)45-42/h9-15,17-28H,2,16H2,1,3-8H3/b17-9-. The van der Waals surface area contributed by atoms with Crippen LogP contribution in [0.3, 0.4) is 0 Å². The molecule has 0 amide bonds. The third-order valence-electron chi connectivity index (χ3n) is 9.87. The fourth-order valence-corrected chi connectivity index (χ4v) is 6.65. The number of anilines is 2. The number of nitrogens with zero attached hydrogens (tertiary/aromatic N) is 1. The topological polar surface area (TPSA) is 21.7 Å². The maximum Gasteiger partial charge on any atom is 0.494 e. The Morgan fingerprint density at radius 3 is 2.18 bits per heavy atom. The molecule has 0 spiro atoms. The summed E-state index contributed by atoms with van der Waals surface area (Å²) in [7, 11) is -0.404. The van der Waals surface area contributed by atoms with E-state index in [1.54, 1.807) is 0 Å². The highest BCUT2D eigenvalue weighted by Crippen LogP contribution is 2.50. The van der Waals surface area contributed by atoms with Crippen molar-refractivity contribution in [3.8, 4) is 11.1 Å². The zero-order chi connectivity index (χ0) is 32.0. The Labute approximate surface area is 270 Å². The zero-order valence-corrected chi connectivity index (χ0v) is 27.7. The third kappa shape index (κ3) is 5.41. The molecular formula is C41H44BNO2. The van der Waals surface area contributed by atoms with Crippen LogP contribution in [-0.4, -0.2) is 18.3 Å². The first-order chi connectivity index (χ1) is 21.5. The molecule has 0 aromatic heterocycles. The molecule has 1 aliphatic heterocycles. The Hall–Kier alpha value is -4.12. The molecule has 3 aromatic rings. The molecule has 1 heterocycles. The minimum absolute atomic E-state index is 0.162. The minimum atomic E-state index is -0.404. The lowest BCUT2D eigenvalue weighted by Crippen LogP contribution is -2.41. The van der Waals surface area contributed by atoms with Gasteiger partial charge in [-0.2, -0.15) is 0 Å². The Kier molecular flexibility index (Phi) is 8.01. The van der Waals surface area contributed by atoms with Crippen LogP contribution in [0.5, 0.6) is 0 Å². The second-order valence-electron chi connectivity index (χ2n) is 13.6. The Balaban J connectivity index is 1.47. The van der Waals surface area contributed by atoms with Gasteiger partial charge in [0.05, 0.1) is 16.9 Å². The number of allylic oxidation sites excluding steroid dienone is 10. The summed E-state index contributed by atoms with van der Waals surface area (Å²) < 4.78 is 12.9. The van der Waals surface area contributed by atoms with E-state index in [1.165, 1.54) is 33.4 Å². The van der Waals surface area contributed by atoms with Gasteiger partial charge in [-0.3, -0.25) is 0 Å². The van der Waals surface area contributed by atoms with Crippen LogP contribution < -0.4 is 4.90 Å². The van der Waals surface area contributed by atoms with Crippen LogP contribution in [0.4, 0.5) is 11.4 Å². The van der Waals surface area contributed by atoms with Gasteiger partial charge in [-0.05, 0) is 98.6 Å². The third-order valence-corrected chi connectivity index (χ3v) is 9.87. The first kappa shape index (κ1) is 30.9. The number of benzene rings is 3. The largest absolute Gasteiger partial charge is 0.494 e. The van der Waals surface area contributed by atoms with E-state index in [0.29, 0.717) is 0 Å². The lowest BCUT2D eigenvalue weighted by molar-refractivity contribution is 0.00578. The van der Waals surface area contributed by atoms with Crippen LogP contribution >= 0.6 is 0 Å². The van der Waals surface area contributed by atoms with Crippen molar-refractivity contribution >= 4 is 24.1 Å². The summed E-state index contributed by atoms with van der Waals surface area (Å²) in [4.78, 5) is 2.40. The number of hydrogen-bond donors (Lipinski definition) is 0. The van der Waals surface area contributed by atoms with Crippen molar-refractivity contribution in [3.63, 3.8) is 0 Å². The molecule has 0 atom stereocenters. The first-order valence-electron chi connectivity index (χ1n) is 16.0. The van der Waals surface area contributed by atoms with Gasteiger partial charge in [0.25, 0.3) is 0 Å². The number of hydrogen-bond acceptors (Lipinski definition) is 3. The quantitative estimate of drug-likeness (QED) is 0.255. The lowest BCUT2D eigenvalue weighted by atomic mass is 9.77. The second kappa shape index (κ2) is 11.7. The van der Waals surface area contributed by atoms with Crippen LogP contribution in [0.1, 0.15) is 66.0 Å². The maximum atomic E-state index is 6.43. The van der Waals surface area contributed by atoms with E-state index in [-0.39, 0.29) is 5.41 Å². The van der Waals surface area contributed by atoms with Gasteiger partial charge in [0.15, 0.2) is 0 Å². The van der Waals surface area contributed by atoms with Gasteiger partial charge in [0.2, 0.25) is 0 Å². The highest BCUT2D eigenvalue weighted by atomic mass is 16.7. The highest BCUT2D eigenvalue weighted by molar-refractivity contribution is 6.55. The van der Waals surface area contributed by atoms with Crippen molar-refractivity contribution in [1.29, 1.82) is 0 Å². The average molecular weight is 594 g/mol. The molecule has 0 bridgehead atoms. The van der Waals surface area contributed by atoms with Crippen LogP contribution in [0.15, 0.2) is 139 Å². The molecule has 0 N–H and O–H groups in total. The second-order valence-corrected chi connectivity index (χ2v) is 13.6. The van der Waals surface area contributed by atoms with Crippen LogP contribution in [0, 0.1) is 0 Å². The van der Waals surface area contributed by atoms with Crippen LogP contribution in [-0.2, 0) is 14.7 Å². The van der Waals surface area contributed by atoms with Crippen molar-refractivity contribution in [2.75, 3.05) is 4.90 Å². The van der Waals surface area contributed by atoms with Gasteiger partial charge >= 0.3 is 7.12 Å². The fraction of sp³-hybridized carbons (Fsp3) is 0.268. The van der Waals surface area contributed by atoms with Gasteiger partial charge in [0, 0.05) is 22.4 Å². The average Bonchev–Trinajstić information content (AvgIpc) is 3.22. The van der Waals surface area contributed by atoms with Crippen LogP contribution in [0.2, 0.25) is 0 Å². The van der Waals surface area contributed by atoms with Gasteiger partial charge < -0.3 is 14.2 Å². The molecule has 3 nitrogen and oxygen atoms in total. The van der Waals surface area contributed by atoms with E-state index in [1.807, 2.05) is 6.08 Å². The van der Waals surface area contributed by atoms with Crippen molar-refractivity contribution in [1.82, 2.24) is 0 Å². The van der Waals surface area contributed by atoms with Gasteiger partial charge in [-0.25, -0.2) is 0 Å². The molecule has 228 valence electrons. The van der Waals surface area contributed by atoms with Gasteiger partial charge in [0.1, 0.15) is 0 Å². The highest BCUT2D eigenvalue weighted by Gasteiger charge is 2.52. The predicted molar refractivity (Wildman–Crippen MR) is 191 cm³/mol. The Morgan fingerprint density at radius 1 is 0.800 bits per heavy atom. The monoisotopic (exact) mass is 593 g/mol. The molecule has 0 radical (unpaired) electrons. The zero-order valence-electron chi connectivity index (χ0n) is 27.7. The summed E-state index contributed by atoms with van der Waals surface area (Å²) in [5, 5.41) is 0. The molecule has 6 rings (SSSR count). The summed E-state index contributed by atoms with van der Waals surface area (Å²) in [6.45, 7) is 19.3. The van der Waals surface area contributed by atoms with E-state index < -0.39 is 18.3 Å². The molecule has 3 aromatic carbocycles. The number of fused-ring (bicyclic) bond motifs is 1. The van der Waals surface area contributed by atoms with E-state index in [2.05, 4.69) is 169 Å². The summed E-state index contributed by atoms with van der Waals surface area (Å²) in [5.41, 5.74) is 10.9. The SMILES string of the molecule is C=CC1=C(/C=C\C)C(C)(C)c2cc(N(C3=CCC=C(B4OC(C)(C)C(C)(C)O4)C=C3)c3ccccc3-c3ccccc3)ccc21. The van der Waals surface area contributed by atoms with Crippen molar-refractivity contribution in [3.05, 3.63) is 150 Å². The van der Waals surface area contributed by atoms with Gasteiger partial charge in [-0.15, -0.1) is 0 Å². The smallest absolute Gasteiger partial charge is 0.399 e. The van der Waals surface area contributed by atoms with Crippen molar-refractivity contribution < 1.29 is 9.31 Å². The molecular weight excluding hydrogens is 549 g/mol.